The molecular weight excluding hydrogens is 333 g/mol. The second kappa shape index (κ2) is 7.25. The molecule has 1 atom stereocenters. The number of anilines is 1. The zero-order valence-electron chi connectivity index (χ0n) is 13.8. The average Bonchev–Trinajstić information content (AvgIpc) is 2.60. The number of nitrogens with zero attached hydrogens (tertiary/aromatic N) is 4. The van der Waals surface area contributed by atoms with E-state index in [9.17, 15) is 13.2 Å². The summed E-state index contributed by atoms with van der Waals surface area (Å²) in [5.74, 6) is 0.600. The van der Waals surface area contributed by atoms with E-state index in [2.05, 4.69) is 19.9 Å². The molecule has 2 aromatic rings. The van der Waals surface area contributed by atoms with Crippen LogP contribution < -0.4 is 9.64 Å². The minimum absolute atomic E-state index is 0.118. The first-order valence-electron chi connectivity index (χ1n) is 8.12. The fourth-order valence-electron chi connectivity index (χ4n) is 2.94. The van der Waals surface area contributed by atoms with Gasteiger partial charge in [-0.2, -0.15) is 13.2 Å². The smallest absolute Gasteiger partial charge is 0.421 e. The van der Waals surface area contributed by atoms with Crippen molar-refractivity contribution >= 4 is 5.82 Å². The lowest BCUT2D eigenvalue weighted by Gasteiger charge is -2.33. The van der Waals surface area contributed by atoms with Crippen LogP contribution in [0.1, 0.15) is 24.1 Å². The van der Waals surface area contributed by atoms with E-state index in [-0.39, 0.29) is 18.4 Å². The molecule has 0 amide bonds. The zero-order valence-corrected chi connectivity index (χ0v) is 13.8. The highest BCUT2D eigenvalue weighted by Gasteiger charge is 2.35. The lowest BCUT2D eigenvalue weighted by Crippen LogP contribution is -2.38. The monoisotopic (exact) mass is 352 g/mol. The third-order valence-electron chi connectivity index (χ3n) is 4.16. The first kappa shape index (κ1) is 17.4. The zero-order chi connectivity index (χ0) is 17.9. The Labute approximate surface area is 143 Å². The van der Waals surface area contributed by atoms with Gasteiger partial charge in [0.15, 0.2) is 0 Å². The Balaban J connectivity index is 1.64. The number of aromatic nitrogens is 3. The molecule has 1 aliphatic heterocycles. The van der Waals surface area contributed by atoms with Gasteiger partial charge in [-0.15, -0.1) is 0 Å². The maximum absolute atomic E-state index is 13.0. The fourth-order valence-corrected chi connectivity index (χ4v) is 2.94. The van der Waals surface area contributed by atoms with E-state index in [0.29, 0.717) is 6.54 Å². The van der Waals surface area contributed by atoms with Crippen molar-refractivity contribution in [1.82, 2.24) is 15.0 Å². The first-order chi connectivity index (χ1) is 11.9. The van der Waals surface area contributed by atoms with E-state index in [1.165, 1.54) is 18.6 Å². The normalized spacial score (nSPS) is 18.2. The van der Waals surface area contributed by atoms with Gasteiger partial charge in [-0.3, -0.25) is 0 Å². The van der Waals surface area contributed by atoms with Crippen molar-refractivity contribution in [1.29, 1.82) is 0 Å². The van der Waals surface area contributed by atoms with Crippen LogP contribution in [0.5, 0.6) is 5.88 Å². The number of hydrogen-bond donors (Lipinski definition) is 0. The Morgan fingerprint density at radius 3 is 2.88 bits per heavy atom. The molecule has 8 heteroatoms. The summed E-state index contributed by atoms with van der Waals surface area (Å²) in [7, 11) is 0. The van der Waals surface area contributed by atoms with Crippen molar-refractivity contribution in [3.05, 3.63) is 42.0 Å². The number of ether oxygens (including phenoxy) is 1. The van der Waals surface area contributed by atoms with Crippen molar-refractivity contribution in [2.45, 2.75) is 25.9 Å². The lowest BCUT2D eigenvalue weighted by molar-refractivity contribution is -0.139. The summed E-state index contributed by atoms with van der Waals surface area (Å²) in [6.45, 7) is 3.64. The van der Waals surface area contributed by atoms with E-state index in [4.69, 9.17) is 4.74 Å². The van der Waals surface area contributed by atoms with Gasteiger partial charge in [-0.1, -0.05) is 0 Å². The van der Waals surface area contributed by atoms with Gasteiger partial charge in [0.1, 0.15) is 17.7 Å². The van der Waals surface area contributed by atoms with Gasteiger partial charge < -0.3 is 9.64 Å². The molecule has 1 aliphatic rings. The van der Waals surface area contributed by atoms with Crippen molar-refractivity contribution in [2.24, 2.45) is 5.92 Å². The number of pyridine rings is 1. The molecule has 1 unspecified atom stereocenters. The highest BCUT2D eigenvalue weighted by Crippen LogP contribution is 2.35. The summed E-state index contributed by atoms with van der Waals surface area (Å²) in [5.41, 5.74) is 0.0424. The molecule has 3 heterocycles. The molecule has 3 rings (SSSR count). The van der Waals surface area contributed by atoms with Crippen molar-refractivity contribution in [3.63, 3.8) is 0 Å². The molecule has 0 radical (unpaired) electrons. The molecule has 0 bridgehead atoms. The molecule has 0 aliphatic carbocycles. The fraction of sp³-hybridized carbons (Fsp3) is 0.471. The summed E-state index contributed by atoms with van der Waals surface area (Å²) in [5, 5.41) is 0. The quantitative estimate of drug-likeness (QED) is 0.843. The number of halogens is 3. The largest absolute Gasteiger partial charge is 0.477 e. The summed E-state index contributed by atoms with van der Waals surface area (Å²) in [4.78, 5) is 14.2. The van der Waals surface area contributed by atoms with Gasteiger partial charge in [0.2, 0.25) is 5.88 Å². The molecule has 0 aromatic carbocycles. The minimum atomic E-state index is -4.47. The third kappa shape index (κ3) is 4.37. The van der Waals surface area contributed by atoms with E-state index in [1.807, 2.05) is 13.0 Å². The Morgan fingerprint density at radius 1 is 1.28 bits per heavy atom. The highest BCUT2D eigenvalue weighted by molar-refractivity contribution is 5.39. The van der Waals surface area contributed by atoms with Gasteiger partial charge >= 0.3 is 6.18 Å². The summed E-state index contributed by atoms with van der Waals surface area (Å²) >= 11 is 0. The standard InChI is InChI=1S/C17H19F3N4O/c1-12-8-15(23-11-22-12)24-7-3-4-13(9-24)10-25-16-14(17(18,19)20)5-2-6-21-16/h2,5-6,8,11,13H,3-4,7,9-10H2,1H3. The molecule has 25 heavy (non-hydrogen) atoms. The van der Waals surface area contributed by atoms with Gasteiger partial charge in [-0.25, -0.2) is 15.0 Å². The molecule has 5 nitrogen and oxygen atoms in total. The van der Waals surface area contributed by atoms with E-state index in [0.717, 1.165) is 37.0 Å². The Kier molecular flexibility index (Phi) is 5.06. The SMILES string of the molecule is Cc1cc(N2CCCC(COc3ncccc3C(F)(F)F)C2)ncn1. The molecule has 0 saturated carbocycles. The summed E-state index contributed by atoms with van der Waals surface area (Å²) < 4.78 is 44.4. The van der Waals surface area contributed by atoms with Crippen molar-refractivity contribution in [3.8, 4) is 5.88 Å². The van der Waals surface area contributed by atoms with E-state index >= 15 is 0 Å². The molecule has 0 spiro atoms. The van der Waals surface area contributed by atoms with Crippen molar-refractivity contribution in [2.75, 3.05) is 24.6 Å². The molecule has 1 fully saturated rings. The Hall–Kier alpha value is -2.38. The Bertz CT molecular complexity index is 723. The number of aryl methyl sites for hydroxylation is 1. The second-order valence-corrected chi connectivity index (χ2v) is 6.14. The molecular formula is C17H19F3N4O. The Morgan fingerprint density at radius 2 is 2.12 bits per heavy atom. The van der Waals surface area contributed by atoms with Gasteiger partial charge in [-0.05, 0) is 31.9 Å². The van der Waals surface area contributed by atoms with E-state index in [1.54, 1.807) is 0 Å². The molecule has 134 valence electrons. The maximum Gasteiger partial charge on any atom is 0.421 e. The lowest BCUT2D eigenvalue weighted by atomic mass is 9.99. The number of piperidine rings is 1. The van der Waals surface area contributed by atoms with Crippen LogP contribution in [-0.4, -0.2) is 34.6 Å². The number of rotatable bonds is 4. The minimum Gasteiger partial charge on any atom is -0.477 e. The second-order valence-electron chi connectivity index (χ2n) is 6.14. The number of alkyl halides is 3. The predicted octanol–water partition coefficient (Wildman–Crippen LogP) is 3.49. The van der Waals surface area contributed by atoms with Crippen LogP contribution in [0.15, 0.2) is 30.7 Å². The average molecular weight is 352 g/mol. The third-order valence-corrected chi connectivity index (χ3v) is 4.16. The van der Waals surface area contributed by atoms with Crippen LogP contribution in [-0.2, 0) is 6.18 Å². The topological polar surface area (TPSA) is 51.1 Å². The molecule has 2 aromatic heterocycles. The van der Waals surface area contributed by atoms with Crippen LogP contribution in [0.3, 0.4) is 0 Å². The van der Waals surface area contributed by atoms with Crippen LogP contribution in [0, 0.1) is 12.8 Å². The summed E-state index contributed by atoms with van der Waals surface area (Å²) in [6.07, 6.45) is 0.191. The van der Waals surface area contributed by atoms with Crippen LogP contribution in [0.4, 0.5) is 19.0 Å². The van der Waals surface area contributed by atoms with Gasteiger partial charge in [0.25, 0.3) is 0 Å². The summed E-state index contributed by atoms with van der Waals surface area (Å²) in [6, 6.07) is 4.15. The molecule has 1 saturated heterocycles. The van der Waals surface area contributed by atoms with Gasteiger partial charge in [0, 0.05) is 37.0 Å². The maximum atomic E-state index is 13.0. The van der Waals surface area contributed by atoms with Crippen LogP contribution in [0.25, 0.3) is 0 Å². The number of hydrogen-bond acceptors (Lipinski definition) is 5. The van der Waals surface area contributed by atoms with Gasteiger partial charge in [0.05, 0.1) is 6.61 Å². The van der Waals surface area contributed by atoms with Crippen molar-refractivity contribution < 1.29 is 17.9 Å². The first-order valence-corrected chi connectivity index (χ1v) is 8.12. The highest BCUT2D eigenvalue weighted by atomic mass is 19.4. The van der Waals surface area contributed by atoms with Crippen LogP contribution in [0.2, 0.25) is 0 Å². The predicted molar refractivity (Wildman–Crippen MR) is 86.4 cm³/mol. The van der Waals surface area contributed by atoms with E-state index < -0.39 is 11.7 Å². The molecule has 0 N–H and O–H groups in total. The van der Waals surface area contributed by atoms with Crippen LogP contribution >= 0.6 is 0 Å².